The Hall–Kier alpha value is -0.770. The summed E-state index contributed by atoms with van der Waals surface area (Å²) in [5.41, 5.74) is 0. The van der Waals surface area contributed by atoms with E-state index in [0.717, 1.165) is 13.0 Å². The third-order valence-electron chi connectivity index (χ3n) is 2.34. The van der Waals surface area contributed by atoms with Crippen molar-refractivity contribution in [3.63, 3.8) is 0 Å². The maximum absolute atomic E-state index is 11.6. The first kappa shape index (κ1) is 11.3. The van der Waals surface area contributed by atoms with Gasteiger partial charge in [0.15, 0.2) is 0 Å². The second-order valence-electron chi connectivity index (χ2n) is 4.50. The Kier molecular flexibility index (Phi) is 3.75. The minimum Gasteiger partial charge on any atom is -0.391 e. The lowest BCUT2D eigenvalue weighted by atomic mass is 9.98. The van der Waals surface area contributed by atoms with Crippen molar-refractivity contribution < 1.29 is 9.90 Å². The molecule has 1 heterocycles. The van der Waals surface area contributed by atoms with E-state index in [2.05, 4.69) is 12.2 Å². The highest BCUT2D eigenvalue weighted by atomic mass is 16.3. The van der Waals surface area contributed by atoms with Crippen LogP contribution < -0.4 is 5.32 Å². The molecule has 2 amide bonds. The molecule has 0 aromatic heterocycles. The van der Waals surface area contributed by atoms with E-state index in [1.165, 1.54) is 0 Å². The van der Waals surface area contributed by atoms with Gasteiger partial charge in [0.05, 0.1) is 6.10 Å². The molecule has 1 rings (SSSR count). The molecule has 1 aliphatic rings. The van der Waals surface area contributed by atoms with Crippen molar-refractivity contribution in [3.8, 4) is 0 Å². The van der Waals surface area contributed by atoms with Crippen molar-refractivity contribution >= 4 is 6.03 Å². The number of urea groups is 1. The largest absolute Gasteiger partial charge is 0.391 e. The first-order valence-electron chi connectivity index (χ1n) is 5.22. The first-order chi connectivity index (χ1) is 6.49. The number of nitrogens with one attached hydrogen (secondary N) is 1. The molecule has 4 nitrogen and oxygen atoms in total. The molecule has 0 aliphatic carbocycles. The van der Waals surface area contributed by atoms with Crippen molar-refractivity contribution in [1.82, 2.24) is 10.2 Å². The molecule has 82 valence electrons. The van der Waals surface area contributed by atoms with Crippen molar-refractivity contribution in [3.05, 3.63) is 0 Å². The third kappa shape index (κ3) is 3.18. The molecular weight excluding hydrogens is 180 g/mol. The SMILES string of the molecule is CC(C)NC(=O)N1C[C@@H](C)C[C@@H](O)C1. The van der Waals surface area contributed by atoms with E-state index < -0.39 is 0 Å². The molecule has 1 aliphatic heterocycles. The van der Waals surface area contributed by atoms with Crippen LogP contribution in [0.2, 0.25) is 0 Å². The van der Waals surface area contributed by atoms with Crippen LogP contribution >= 0.6 is 0 Å². The van der Waals surface area contributed by atoms with Crippen LogP contribution in [0.25, 0.3) is 0 Å². The summed E-state index contributed by atoms with van der Waals surface area (Å²) in [6.45, 7) is 7.12. The number of likely N-dealkylation sites (tertiary alicyclic amines) is 1. The number of carbonyl (C=O) groups excluding carboxylic acids is 1. The second-order valence-corrected chi connectivity index (χ2v) is 4.50. The lowest BCUT2D eigenvalue weighted by Gasteiger charge is -2.34. The Morgan fingerprint density at radius 1 is 1.50 bits per heavy atom. The standard InChI is InChI=1S/C10H20N2O2/c1-7(2)11-10(14)12-5-8(3)4-9(13)6-12/h7-9,13H,4-6H2,1-3H3,(H,11,14)/t8-,9+/m0/s1. The second kappa shape index (κ2) is 4.64. The minimum absolute atomic E-state index is 0.0643. The maximum Gasteiger partial charge on any atom is 0.317 e. The molecular formula is C10H20N2O2. The Morgan fingerprint density at radius 3 is 2.64 bits per heavy atom. The number of aliphatic hydroxyl groups excluding tert-OH is 1. The summed E-state index contributed by atoms with van der Waals surface area (Å²) >= 11 is 0. The summed E-state index contributed by atoms with van der Waals surface area (Å²) < 4.78 is 0. The zero-order valence-corrected chi connectivity index (χ0v) is 9.16. The third-order valence-corrected chi connectivity index (χ3v) is 2.34. The fourth-order valence-electron chi connectivity index (χ4n) is 1.82. The smallest absolute Gasteiger partial charge is 0.317 e. The van der Waals surface area contributed by atoms with Gasteiger partial charge in [-0.1, -0.05) is 6.92 Å². The number of piperidine rings is 1. The van der Waals surface area contributed by atoms with Gasteiger partial charge in [-0.2, -0.15) is 0 Å². The highest BCUT2D eigenvalue weighted by molar-refractivity contribution is 5.74. The van der Waals surface area contributed by atoms with Gasteiger partial charge >= 0.3 is 6.03 Å². The molecule has 0 spiro atoms. The monoisotopic (exact) mass is 200 g/mol. The van der Waals surface area contributed by atoms with Crippen LogP contribution in [0.4, 0.5) is 4.79 Å². The van der Waals surface area contributed by atoms with E-state index in [-0.39, 0.29) is 18.2 Å². The topological polar surface area (TPSA) is 52.6 Å². The molecule has 0 aromatic carbocycles. The fraction of sp³-hybridized carbons (Fsp3) is 0.900. The summed E-state index contributed by atoms with van der Waals surface area (Å²) in [7, 11) is 0. The number of hydrogen-bond acceptors (Lipinski definition) is 2. The number of β-amino-alcohol motifs (C(OH)–C–C–N with tert-alkyl or cyclic N) is 1. The van der Waals surface area contributed by atoms with Crippen LogP contribution in [0, 0.1) is 5.92 Å². The summed E-state index contributed by atoms with van der Waals surface area (Å²) in [4.78, 5) is 13.3. The van der Waals surface area contributed by atoms with Gasteiger partial charge < -0.3 is 15.3 Å². The molecule has 1 saturated heterocycles. The Labute approximate surface area is 85.3 Å². The average Bonchev–Trinajstić information content (AvgIpc) is 2.00. The van der Waals surface area contributed by atoms with Crippen LogP contribution in [-0.2, 0) is 0 Å². The number of carbonyl (C=O) groups is 1. The zero-order chi connectivity index (χ0) is 10.7. The van der Waals surface area contributed by atoms with E-state index in [0.29, 0.717) is 12.5 Å². The number of amides is 2. The molecule has 0 saturated carbocycles. The lowest BCUT2D eigenvalue weighted by Crippen LogP contribution is -2.50. The number of hydrogen-bond donors (Lipinski definition) is 2. The Bertz CT molecular complexity index is 196. The molecule has 0 bridgehead atoms. The van der Waals surface area contributed by atoms with Gasteiger partial charge in [0.1, 0.15) is 0 Å². The van der Waals surface area contributed by atoms with E-state index in [9.17, 15) is 9.90 Å². The van der Waals surface area contributed by atoms with Gasteiger partial charge in [0.2, 0.25) is 0 Å². The quantitative estimate of drug-likeness (QED) is 0.658. The highest BCUT2D eigenvalue weighted by Crippen LogP contribution is 2.16. The number of aliphatic hydroxyl groups is 1. The van der Waals surface area contributed by atoms with Gasteiger partial charge in [-0.3, -0.25) is 0 Å². The van der Waals surface area contributed by atoms with E-state index in [1.54, 1.807) is 4.90 Å². The lowest BCUT2D eigenvalue weighted by molar-refractivity contribution is 0.0599. The number of nitrogens with zero attached hydrogens (tertiary/aromatic N) is 1. The van der Waals surface area contributed by atoms with Crippen LogP contribution in [-0.4, -0.2) is 41.3 Å². The first-order valence-corrected chi connectivity index (χ1v) is 5.22. The van der Waals surface area contributed by atoms with Crippen molar-refractivity contribution in [2.45, 2.75) is 39.3 Å². The number of rotatable bonds is 1. The Balaban J connectivity index is 2.46. The predicted molar refractivity (Wildman–Crippen MR) is 55.0 cm³/mol. The van der Waals surface area contributed by atoms with Gasteiger partial charge in [0, 0.05) is 19.1 Å². The fourth-order valence-corrected chi connectivity index (χ4v) is 1.82. The van der Waals surface area contributed by atoms with Crippen LogP contribution in [0.15, 0.2) is 0 Å². The molecule has 0 unspecified atom stereocenters. The molecule has 0 radical (unpaired) electrons. The summed E-state index contributed by atoms with van der Waals surface area (Å²) in [5, 5.41) is 12.3. The minimum atomic E-state index is -0.364. The Morgan fingerprint density at radius 2 is 2.14 bits per heavy atom. The summed E-state index contributed by atoms with van der Waals surface area (Å²) in [6, 6.07) is 0.0856. The molecule has 0 aromatic rings. The normalized spacial score (nSPS) is 27.9. The van der Waals surface area contributed by atoms with E-state index in [4.69, 9.17) is 0 Å². The zero-order valence-electron chi connectivity index (χ0n) is 9.16. The van der Waals surface area contributed by atoms with Crippen molar-refractivity contribution in [1.29, 1.82) is 0 Å². The van der Waals surface area contributed by atoms with Gasteiger partial charge in [-0.05, 0) is 26.2 Å². The molecule has 4 heteroatoms. The summed E-state index contributed by atoms with van der Waals surface area (Å²) in [5.74, 6) is 0.386. The predicted octanol–water partition coefficient (Wildman–Crippen LogP) is 0.807. The molecule has 2 atom stereocenters. The van der Waals surface area contributed by atoms with Crippen molar-refractivity contribution in [2.24, 2.45) is 5.92 Å². The van der Waals surface area contributed by atoms with Gasteiger partial charge in [-0.25, -0.2) is 4.79 Å². The van der Waals surface area contributed by atoms with Crippen LogP contribution in [0.1, 0.15) is 27.2 Å². The highest BCUT2D eigenvalue weighted by Gasteiger charge is 2.26. The van der Waals surface area contributed by atoms with Crippen molar-refractivity contribution in [2.75, 3.05) is 13.1 Å². The summed E-state index contributed by atoms with van der Waals surface area (Å²) in [6.07, 6.45) is 0.433. The average molecular weight is 200 g/mol. The molecule has 1 fully saturated rings. The molecule has 14 heavy (non-hydrogen) atoms. The molecule has 2 N–H and O–H groups in total. The van der Waals surface area contributed by atoms with Crippen LogP contribution in [0.3, 0.4) is 0 Å². The van der Waals surface area contributed by atoms with Gasteiger partial charge in [0.25, 0.3) is 0 Å². The van der Waals surface area contributed by atoms with E-state index in [1.807, 2.05) is 13.8 Å². The maximum atomic E-state index is 11.6. The van der Waals surface area contributed by atoms with E-state index >= 15 is 0 Å². The van der Waals surface area contributed by atoms with Gasteiger partial charge in [-0.15, -0.1) is 0 Å². The van der Waals surface area contributed by atoms with Crippen LogP contribution in [0.5, 0.6) is 0 Å².